The molecule has 3 nitrogen and oxygen atoms in total. The van der Waals surface area contributed by atoms with Gasteiger partial charge in [0.1, 0.15) is 0 Å². The Hall–Kier alpha value is -0.120. The summed E-state index contributed by atoms with van der Waals surface area (Å²) in [5.41, 5.74) is 5.79. The lowest BCUT2D eigenvalue weighted by Gasteiger charge is -2.37. The maximum atomic E-state index is 5.79. The highest BCUT2D eigenvalue weighted by molar-refractivity contribution is 4.79. The summed E-state index contributed by atoms with van der Waals surface area (Å²) in [6.07, 6.45) is 5.31. The maximum Gasteiger partial charge on any atom is 0.0698 e. The van der Waals surface area contributed by atoms with E-state index >= 15 is 0 Å². The molecule has 2 N–H and O–H groups in total. The average Bonchev–Trinajstić information content (AvgIpc) is 2.26. The molecule has 2 atom stereocenters. The summed E-state index contributed by atoms with van der Waals surface area (Å²) in [6, 6.07) is 0.568. The number of likely N-dealkylation sites (tertiary alicyclic amines) is 1. The van der Waals surface area contributed by atoms with Gasteiger partial charge in [0.2, 0.25) is 0 Å². The van der Waals surface area contributed by atoms with Crippen molar-refractivity contribution in [1.82, 2.24) is 4.90 Å². The summed E-state index contributed by atoms with van der Waals surface area (Å²) in [5, 5.41) is 0. The van der Waals surface area contributed by atoms with E-state index in [1.807, 2.05) is 7.11 Å². The quantitative estimate of drug-likeness (QED) is 0.725. The van der Waals surface area contributed by atoms with Crippen molar-refractivity contribution in [1.29, 1.82) is 0 Å². The number of nitrogens with zero attached hydrogens (tertiary/aromatic N) is 1. The number of ether oxygens (including phenoxy) is 1. The first-order valence-corrected chi connectivity index (χ1v) is 5.78. The lowest BCUT2D eigenvalue weighted by atomic mass is 10.0. The van der Waals surface area contributed by atoms with Gasteiger partial charge in [0.05, 0.1) is 6.10 Å². The van der Waals surface area contributed by atoms with Crippen LogP contribution in [-0.4, -0.2) is 43.8 Å². The zero-order valence-electron chi connectivity index (χ0n) is 9.54. The smallest absolute Gasteiger partial charge is 0.0698 e. The Morgan fingerprint density at radius 2 is 2.36 bits per heavy atom. The third-order valence-electron chi connectivity index (χ3n) is 3.15. The van der Waals surface area contributed by atoms with Crippen LogP contribution in [0.4, 0.5) is 0 Å². The fourth-order valence-electron chi connectivity index (χ4n) is 2.27. The molecule has 1 aliphatic heterocycles. The molecular weight excluding hydrogens is 176 g/mol. The van der Waals surface area contributed by atoms with Gasteiger partial charge in [-0.25, -0.2) is 0 Å². The molecule has 14 heavy (non-hydrogen) atoms. The van der Waals surface area contributed by atoms with Gasteiger partial charge in [-0.2, -0.15) is 0 Å². The molecule has 1 saturated heterocycles. The van der Waals surface area contributed by atoms with Gasteiger partial charge >= 0.3 is 0 Å². The van der Waals surface area contributed by atoms with E-state index in [1.54, 1.807) is 0 Å². The summed E-state index contributed by atoms with van der Waals surface area (Å²) in [7, 11) is 1.81. The average molecular weight is 200 g/mol. The van der Waals surface area contributed by atoms with Crippen molar-refractivity contribution >= 4 is 0 Å². The minimum atomic E-state index is 0.426. The Morgan fingerprint density at radius 3 is 2.93 bits per heavy atom. The molecule has 0 aromatic heterocycles. The third kappa shape index (κ3) is 3.23. The van der Waals surface area contributed by atoms with E-state index in [0.717, 1.165) is 13.1 Å². The number of methoxy groups -OCH3 is 1. The van der Waals surface area contributed by atoms with E-state index < -0.39 is 0 Å². The molecule has 0 amide bonds. The second-order valence-corrected chi connectivity index (χ2v) is 4.17. The lowest BCUT2D eigenvalue weighted by Crippen LogP contribution is -2.48. The van der Waals surface area contributed by atoms with Gasteiger partial charge < -0.3 is 10.5 Å². The molecule has 2 unspecified atom stereocenters. The van der Waals surface area contributed by atoms with Crippen LogP contribution in [0.15, 0.2) is 0 Å². The van der Waals surface area contributed by atoms with Crippen LogP contribution in [0.2, 0.25) is 0 Å². The van der Waals surface area contributed by atoms with Crippen LogP contribution in [0.25, 0.3) is 0 Å². The Balaban J connectivity index is 2.40. The highest BCUT2D eigenvalue weighted by Crippen LogP contribution is 2.16. The number of piperidine rings is 1. The van der Waals surface area contributed by atoms with E-state index in [4.69, 9.17) is 10.5 Å². The van der Waals surface area contributed by atoms with Crippen LogP contribution in [0.3, 0.4) is 0 Å². The summed E-state index contributed by atoms with van der Waals surface area (Å²) < 4.78 is 5.41. The summed E-state index contributed by atoms with van der Waals surface area (Å²) in [4.78, 5) is 2.50. The summed E-state index contributed by atoms with van der Waals surface area (Å²) in [5.74, 6) is 0. The van der Waals surface area contributed by atoms with Crippen molar-refractivity contribution in [2.45, 2.75) is 44.8 Å². The van der Waals surface area contributed by atoms with E-state index in [1.165, 1.54) is 32.2 Å². The molecule has 0 saturated carbocycles. The molecule has 0 aliphatic carbocycles. The van der Waals surface area contributed by atoms with Crippen LogP contribution < -0.4 is 5.73 Å². The van der Waals surface area contributed by atoms with Gasteiger partial charge in [-0.1, -0.05) is 13.3 Å². The maximum absolute atomic E-state index is 5.79. The number of nitrogens with two attached hydrogens (primary N) is 1. The second-order valence-electron chi connectivity index (χ2n) is 4.17. The fraction of sp³-hybridized carbons (Fsp3) is 1.00. The van der Waals surface area contributed by atoms with Crippen LogP contribution in [0.5, 0.6) is 0 Å². The first-order valence-electron chi connectivity index (χ1n) is 5.78. The van der Waals surface area contributed by atoms with Crippen molar-refractivity contribution in [3.63, 3.8) is 0 Å². The van der Waals surface area contributed by atoms with Gasteiger partial charge in [-0.15, -0.1) is 0 Å². The van der Waals surface area contributed by atoms with Crippen LogP contribution in [0, 0.1) is 0 Å². The Bertz CT molecular complexity index is 152. The predicted octanol–water partition coefficient (Wildman–Crippen LogP) is 1.22. The minimum absolute atomic E-state index is 0.426. The highest BCUT2D eigenvalue weighted by atomic mass is 16.5. The van der Waals surface area contributed by atoms with Gasteiger partial charge in [-0.3, -0.25) is 4.90 Å². The topological polar surface area (TPSA) is 38.5 Å². The van der Waals surface area contributed by atoms with Crippen LogP contribution in [-0.2, 0) is 4.74 Å². The van der Waals surface area contributed by atoms with E-state index in [0.29, 0.717) is 12.1 Å². The molecule has 0 aromatic rings. The van der Waals surface area contributed by atoms with E-state index in [2.05, 4.69) is 11.8 Å². The molecule has 0 bridgehead atoms. The van der Waals surface area contributed by atoms with Crippen LogP contribution in [0.1, 0.15) is 32.6 Å². The Kier molecular flexibility index (Phi) is 5.45. The summed E-state index contributed by atoms with van der Waals surface area (Å²) >= 11 is 0. The molecule has 3 heteroatoms. The number of hydrogen-bond acceptors (Lipinski definition) is 3. The molecular formula is C11H24N2O. The standard InChI is InChI=1S/C11H24N2O/c1-3-5-10(8-12)13-7-4-6-11(9-13)14-2/h10-11H,3-9,12H2,1-2H3. The number of hydrogen-bond donors (Lipinski definition) is 1. The molecule has 0 aromatic carbocycles. The van der Waals surface area contributed by atoms with Crippen molar-refractivity contribution in [2.24, 2.45) is 5.73 Å². The molecule has 84 valence electrons. The third-order valence-corrected chi connectivity index (χ3v) is 3.15. The normalized spacial score (nSPS) is 26.4. The zero-order chi connectivity index (χ0) is 10.4. The Labute approximate surface area is 87.6 Å². The van der Waals surface area contributed by atoms with Crippen molar-refractivity contribution in [2.75, 3.05) is 26.7 Å². The summed E-state index contributed by atoms with van der Waals surface area (Å²) in [6.45, 7) is 5.27. The molecule has 0 radical (unpaired) electrons. The van der Waals surface area contributed by atoms with E-state index in [9.17, 15) is 0 Å². The minimum Gasteiger partial charge on any atom is -0.380 e. The van der Waals surface area contributed by atoms with Crippen molar-refractivity contribution < 1.29 is 4.74 Å². The van der Waals surface area contributed by atoms with Gasteiger partial charge in [0.25, 0.3) is 0 Å². The fourth-order valence-corrected chi connectivity index (χ4v) is 2.27. The van der Waals surface area contributed by atoms with Gasteiger partial charge in [-0.05, 0) is 25.8 Å². The highest BCUT2D eigenvalue weighted by Gasteiger charge is 2.24. The van der Waals surface area contributed by atoms with Gasteiger partial charge in [0.15, 0.2) is 0 Å². The first-order chi connectivity index (χ1) is 6.81. The molecule has 1 heterocycles. The molecule has 1 aliphatic rings. The largest absolute Gasteiger partial charge is 0.380 e. The Morgan fingerprint density at radius 1 is 1.57 bits per heavy atom. The predicted molar refractivity (Wildman–Crippen MR) is 59.4 cm³/mol. The monoisotopic (exact) mass is 200 g/mol. The van der Waals surface area contributed by atoms with Crippen molar-refractivity contribution in [3.05, 3.63) is 0 Å². The van der Waals surface area contributed by atoms with Crippen molar-refractivity contribution in [3.8, 4) is 0 Å². The first kappa shape index (κ1) is 12.0. The molecule has 0 spiro atoms. The SMILES string of the molecule is CCCC(CN)N1CCCC(OC)C1. The number of rotatable bonds is 5. The molecule has 1 rings (SSSR count). The molecule has 1 fully saturated rings. The van der Waals surface area contributed by atoms with Crippen LogP contribution >= 0.6 is 0 Å². The lowest BCUT2D eigenvalue weighted by molar-refractivity contribution is 0.0144. The second kappa shape index (κ2) is 6.38. The van der Waals surface area contributed by atoms with E-state index in [-0.39, 0.29) is 0 Å². The van der Waals surface area contributed by atoms with Gasteiger partial charge in [0, 0.05) is 26.2 Å². The zero-order valence-corrected chi connectivity index (χ0v) is 9.54.